The van der Waals surface area contributed by atoms with Gasteiger partial charge in [0, 0.05) is 19.6 Å². The normalized spacial score (nSPS) is 18.1. The van der Waals surface area contributed by atoms with Crippen LogP contribution in [0.1, 0.15) is 22.3 Å². The van der Waals surface area contributed by atoms with E-state index in [9.17, 15) is 13.2 Å². The van der Waals surface area contributed by atoms with Gasteiger partial charge in [-0.05, 0) is 37.6 Å². The number of rotatable bonds is 4. The lowest BCUT2D eigenvalue weighted by atomic mass is 10.1. The maximum Gasteiger partial charge on any atom is 0.338 e. The lowest BCUT2D eigenvalue weighted by Gasteiger charge is -2.23. The zero-order chi connectivity index (χ0) is 15.6. The van der Waals surface area contributed by atoms with E-state index in [4.69, 9.17) is 0 Å². The summed E-state index contributed by atoms with van der Waals surface area (Å²) in [6.45, 7) is 3.20. The average molecular weight is 349 g/mol. The van der Waals surface area contributed by atoms with Crippen molar-refractivity contribution < 1.29 is 17.9 Å². The fourth-order valence-electron chi connectivity index (χ4n) is 2.40. The van der Waals surface area contributed by atoms with Gasteiger partial charge < -0.3 is 10.1 Å². The van der Waals surface area contributed by atoms with E-state index in [0.717, 1.165) is 13.0 Å². The van der Waals surface area contributed by atoms with Crippen LogP contribution in [0.5, 0.6) is 0 Å². The second-order valence-electron chi connectivity index (χ2n) is 5.14. The summed E-state index contributed by atoms with van der Waals surface area (Å²) < 4.78 is 31.3. The molecule has 1 unspecified atom stereocenters. The van der Waals surface area contributed by atoms with Crippen LogP contribution in [-0.4, -0.2) is 52.0 Å². The molecule has 0 bridgehead atoms. The number of carbonyl (C=O) groups excluding carboxylic acids is 1. The minimum Gasteiger partial charge on any atom is -0.465 e. The van der Waals surface area contributed by atoms with Crippen molar-refractivity contribution >= 4 is 28.4 Å². The third-order valence-electron chi connectivity index (χ3n) is 3.84. The zero-order valence-corrected chi connectivity index (χ0v) is 14.5. The van der Waals surface area contributed by atoms with E-state index < -0.39 is 16.0 Å². The average Bonchev–Trinajstić information content (AvgIpc) is 2.99. The summed E-state index contributed by atoms with van der Waals surface area (Å²) in [4.78, 5) is 11.8. The fraction of sp³-hybridized carbons (Fsp3) is 0.500. The molecule has 1 saturated heterocycles. The number of benzene rings is 1. The Hall–Kier alpha value is -1.15. The van der Waals surface area contributed by atoms with Gasteiger partial charge in [0.2, 0.25) is 10.0 Å². The van der Waals surface area contributed by atoms with E-state index in [-0.39, 0.29) is 28.9 Å². The monoisotopic (exact) mass is 348 g/mol. The second-order valence-corrected chi connectivity index (χ2v) is 7.13. The highest BCUT2D eigenvalue weighted by Gasteiger charge is 2.30. The van der Waals surface area contributed by atoms with Crippen molar-refractivity contribution in [1.82, 2.24) is 9.62 Å². The molecule has 22 heavy (non-hydrogen) atoms. The third-order valence-corrected chi connectivity index (χ3v) is 5.75. The first-order valence-corrected chi connectivity index (χ1v) is 8.19. The molecule has 0 radical (unpaired) electrons. The number of hydrogen-bond donors (Lipinski definition) is 1. The molecule has 8 heteroatoms. The van der Waals surface area contributed by atoms with Gasteiger partial charge in [0.25, 0.3) is 0 Å². The molecule has 1 N–H and O–H groups in total. The molecule has 0 aromatic heterocycles. The Labute approximate surface area is 137 Å². The predicted molar refractivity (Wildman–Crippen MR) is 86.0 cm³/mol. The number of likely N-dealkylation sites (N-methyl/N-ethyl adjacent to an activating group) is 1. The first kappa shape index (κ1) is 18.9. The Kier molecular flexibility index (Phi) is 6.37. The molecule has 0 saturated carbocycles. The molecule has 0 spiro atoms. The Balaban J connectivity index is 0.00000242. The third kappa shape index (κ3) is 3.60. The van der Waals surface area contributed by atoms with Crippen molar-refractivity contribution in [3.05, 3.63) is 29.3 Å². The molecule has 0 aliphatic carbocycles. The number of esters is 1. The summed E-state index contributed by atoms with van der Waals surface area (Å²) in [5.41, 5.74) is 0.961. The van der Waals surface area contributed by atoms with Crippen LogP contribution in [0.2, 0.25) is 0 Å². The maximum absolute atomic E-state index is 12.6. The molecule has 0 amide bonds. The molecule has 1 heterocycles. The number of hydrogen-bond acceptors (Lipinski definition) is 5. The number of methoxy groups -OCH3 is 1. The van der Waals surface area contributed by atoms with Crippen molar-refractivity contribution in [2.45, 2.75) is 24.3 Å². The Morgan fingerprint density at radius 2 is 2.09 bits per heavy atom. The van der Waals surface area contributed by atoms with Crippen molar-refractivity contribution in [2.24, 2.45) is 0 Å². The molecule has 1 aromatic rings. The van der Waals surface area contributed by atoms with Gasteiger partial charge in [-0.25, -0.2) is 13.2 Å². The highest BCUT2D eigenvalue weighted by molar-refractivity contribution is 7.89. The molecule has 1 atom stereocenters. The first-order chi connectivity index (χ1) is 9.87. The molecule has 1 aliphatic heterocycles. The molecule has 6 nitrogen and oxygen atoms in total. The minimum absolute atomic E-state index is 0. The number of aryl methyl sites for hydroxylation is 1. The Bertz CT molecular complexity index is 642. The molecular formula is C14H21ClN2O4S. The summed E-state index contributed by atoms with van der Waals surface area (Å²) in [7, 11) is -0.767. The van der Waals surface area contributed by atoms with Crippen LogP contribution in [0.3, 0.4) is 0 Å². The van der Waals surface area contributed by atoms with Crippen molar-refractivity contribution in [2.75, 3.05) is 27.2 Å². The Morgan fingerprint density at radius 1 is 1.41 bits per heavy atom. The number of halogens is 1. The summed E-state index contributed by atoms with van der Waals surface area (Å²) in [5, 5.41) is 3.14. The smallest absolute Gasteiger partial charge is 0.338 e. The zero-order valence-electron chi connectivity index (χ0n) is 12.8. The van der Waals surface area contributed by atoms with E-state index in [2.05, 4.69) is 10.1 Å². The van der Waals surface area contributed by atoms with Crippen LogP contribution in [-0.2, 0) is 14.8 Å². The predicted octanol–water partition coefficient (Wildman–Crippen LogP) is 1.19. The number of ether oxygens (including phenoxy) is 1. The van der Waals surface area contributed by atoms with Crippen LogP contribution in [0.4, 0.5) is 0 Å². The highest BCUT2D eigenvalue weighted by atomic mass is 35.5. The minimum atomic E-state index is -3.62. The second kappa shape index (κ2) is 7.41. The van der Waals surface area contributed by atoms with Gasteiger partial charge in [0.15, 0.2) is 0 Å². The molecule has 2 rings (SSSR count). The van der Waals surface area contributed by atoms with Crippen LogP contribution >= 0.6 is 12.4 Å². The molecule has 1 fully saturated rings. The van der Waals surface area contributed by atoms with E-state index in [1.165, 1.54) is 23.5 Å². The molecule has 124 valence electrons. The number of sulfonamides is 1. The van der Waals surface area contributed by atoms with Crippen molar-refractivity contribution in [1.29, 1.82) is 0 Å². The lowest BCUT2D eigenvalue weighted by molar-refractivity contribution is 0.0599. The molecule has 1 aromatic carbocycles. The van der Waals surface area contributed by atoms with E-state index in [1.54, 1.807) is 20.0 Å². The van der Waals surface area contributed by atoms with Gasteiger partial charge in [0.1, 0.15) is 0 Å². The maximum atomic E-state index is 12.6. The van der Waals surface area contributed by atoms with Crippen molar-refractivity contribution in [3.8, 4) is 0 Å². The summed E-state index contributed by atoms with van der Waals surface area (Å²) in [6, 6.07) is 4.48. The number of nitrogens with one attached hydrogen (secondary N) is 1. The van der Waals surface area contributed by atoms with Crippen LogP contribution in [0.15, 0.2) is 23.1 Å². The van der Waals surface area contributed by atoms with Gasteiger partial charge in [0.05, 0.1) is 17.6 Å². The number of nitrogens with zero attached hydrogens (tertiary/aromatic N) is 1. The quantitative estimate of drug-likeness (QED) is 0.827. The van der Waals surface area contributed by atoms with Gasteiger partial charge in [-0.1, -0.05) is 6.07 Å². The largest absolute Gasteiger partial charge is 0.465 e. The van der Waals surface area contributed by atoms with E-state index in [1.807, 2.05) is 0 Å². The summed E-state index contributed by atoms with van der Waals surface area (Å²) in [6.07, 6.45) is 0.783. The summed E-state index contributed by atoms with van der Waals surface area (Å²) in [5.74, 6) is -0.533. The SMILES string of the molecule is COC(=O)c1cc(S(=O)(=O)N(C)C2CCNC2)ccc1C.Cl. The highest BCUT2D eigenvalue weighted by Crippen LogP contribution is 2.22. The standard InChI is InChI=1S/C14H20N2O4S.ClH/c1-10-4-5-12(8-13(10)14(17)20-3)21(18,19)16(2)11-6-7-15-9-11;/h4-5,8,11,15H,6-7,9H2,1-3H3;1H. The first-order valence-electron chi connectivity index (χ1n) is 6.75. The van der Waals surface area contributed by atoms with Gasteiger partial charge >= 0.3 is 5.97 Å². The van der Waals surface area contributed by atoms with E-state index >= 15 is 0 Å². The molecule has 1 aliphatic rings. The van der Waals surface area contributed by atoms with Gasteiger partial charge in [-0.15, -0.1) is 12.4 Å². The number of carbonyl (C=O) groups is 1. The van der Waals surface area contributed by atoms with Crippen molar-refractivity contribution in [3.63, 3.8) is 0 Å². The Morgan fingerprint density at radius 3 is 2.64 bits per heavy atom. The van der Waals surface area contributed by atoms with Gasteiger partial charge in [-0.3, -0.25) is 0 Å². The molecular weight excluding hydrogens is 328 g/mol. The van der Waals surface area contributed by atoms with Crippen LogP contribution < -0.4 is 5.32 Å². The topological polar surface area (TPSA) is 75.7 Å². The van der Waals surface area contributed by atoms with Gasteiger partial charge in [-0.2, -0.15) is 4.31 Å². The summed E-state index contributed by atoms with van der Waals surface area (Å²) >= 11 is 0. The van der Waals surface area contributed by atoms with E-state index in [0.29, 0.717) is 12.1 Å². The van der Waals surface area contributed by atoms with Crippen LogP contribution in [0.25, 0.3) is 0 Å². The lowest BCUT2D eigenvalue weighted by Crippen LogP contribution is -2.38. The van der Waals surface area contributed by atoms with Crippen LogP contribution in [0, 0.1) is 6.92 Å². The fourth-order valence-corrected chi connectivity index (χ4v) is 3.82.